The van der Waals surface area contributed by atoms with E-state index in [1.54, 1.807) is 12.1 Å². The predicted molar refractivity (Wildman–Crippen MR) is 77.2 cm³/mol. The van der Waals surface area contributed by atoms with Crippen LogP contribution in [0.3, 0.4) is 0 Å². The van der Waals surface area contributed by atoms with Gasteiger partial charge in [-0.25, -0.2) is 0 Å². The fourth-order valence-corrected chi connectivity index (χ4v) is 3.07. The van der Waals surface area contributed by atoms with Crippen molar-refractivity contribution in [2.75, 3.05) is 5.75 Å². The van der Waals surface area contributed by atoms with Crippen molar-refractivity contribution in [3.05, 3.63) is 52.2 Å². The lowest BCUT2D eigenvalue weighted by Crippen LogP contribution is -2.00. The Morgan fingerprint density at radius 2 is 1.89 bits per heavy atom. The van der Waals surface area contributed by atoms with Gasteiger partial charge in [-0.3, -0.25) is 9.59 Å². The second kappa shape index (κ2) is 6.54. The van der Waals surface area contributed by atoms with Gasteiger partial charge in [-0.1, -0.05) is 18.2 Å². The highest BCUT2D eigenvalue weighted by Crippen LogP contribution is 2.21. The molecule has 1 heterocycles. The van der Waals surface area contributed by atoms with Gasteiger partial charge in [-0.2, -0.15) is 0 Å². The first-order chi connectivity index (χ1) is 9.15. The Kier molecular flexibility index (Phi) is 4.76. The van der Waals surface area contributed by atoms with Crippen LogP contribution < -0.4 is 0 Å². The van der Waals surface area contributed by atoms with Crippen LogP contribution in [-0.2, 0) is 11.2 Å². The van der Waals surface area contributed by atoms with Crippen LogP contribution in [0.25, 0.3) is 0 Å². The van der Waals surface area contributed by atoms with Gasteiger partial charge in [-0.05, 0) is 29.1 Å². The maximum atomic E-state index is 11.8. The number of thioether (sulfide) groups is 1. The van der Waals surface area contributed by atoms with Crippen LogP contribution in [0.1, 0.15) is 15.2 Å². The molecular formula is C14H12O3S2. The van der Waals surface area contributed by atoms with E-state index in [4.69, 9.17) is 5.11 Å². The average molecular weight is 292 g/mol. The van der Waals surface area contributed by atoms with Gasteiger partial charge < -0.3 is 5.11 Å². The molecule has 2 rings (SSSR count). The maximum absolute atomic E-state index is 11.8. The first-order valence-corrected chi connectivity index (χ1v) is 7.52. The van der Waals surface area contributed by atoms with Crippen LogP contribution in [0.4, 0.5) is 0 Å². The fraction of sp³-hybridized carbons (Fsp3) is 0.143. The van der Waals surface area contributed by atoms with Crippen LogP contribution in [0.15, 0.2) is 46.7 Å². The summed E-state index contributed by atoms with van der Waals surface area (Å²) in [5, 5.41) is 10.6. The normalized spacial score (nSPS) is 10.3. The molecule has 2 aromatic rings. The van der Waals surface area contributed by atoms with Crippen molar-refractivity contribution in [1.29, 1.82) is 0 Å². The number of hydrogen-bond acceptors (Lipinski definition) is 4. The van der Waals surface area contributed by atoms with E-state index in [-0.39, 0.29) is 12.2 Å². The van der Waals surface area contributed by atoms with Crippen molar-refractivity contribution >= 4 is 34.9 Å². The van der Waals surface area contributed by atoms with Crippen molar-refractivity contribution in [2.45, 2.75) is 11.3 Å². The number of Topliss-reactive ketones (excluding diaryl/α,β-unsaturated/α-hetero) is 1. The van der Waals surface area contributed by atoms with Crippen molar-refractivity contribution in [3.63, 3.8) is 0 Å². The lowest BCUT2D eigenvalue weighted by Gasteiger charge is -2.02. The van der Waals surface area contributed by atoms with E-state index in [0.717, 1.165) is 15.3 Å². The third kappa shape index (κ3) is 4.22. The number of carboxylic acids is 1. The molecule has 0 unspecified atom stereocenters. The number of carboxylic acid groups (broad SMARTS) is 1. The van der Waals surface area contributed by atoms with Crippen LogP contribution in [0.2, 0.25) is 0 Å². The molecule has 0 fully saturated rings. The summed E-state index contributed by atoms with van der Waals surface area (Å²) in [5.74, 6) is -0.318. The number of thiophene rings is 1. The Morgan fingerprint density at radius 3 is 2.47 bits per heavy atom. The zero-order chi connectivity index (χ0) is 13.7. The van der Waals surface area contributed by atoms with Gasteiger partial charge in [0.05, 0.1) is 17.1 Å². The van der Waals surface area contributed by atoms with E-state index in [1.165, 1.54) is 23.1 Å². The standard InChI is InChI=1S/C14H12O3S2/c15-12(13-2-1-7-18-13)9-19-11-5-3-10(4-6-11)8-14(16)17/h1-7H,8-9H2,(H,16,17). The molecule has 0 spiro atoms. The highest BCUT2D eigenvalue weighted by Gasteiger charge is 2.07. The molecule has 1 aromatic heterocycles. The average Bonchev–Trinajstić information content (AvgIpc) is 2.91. The van der Waals surface area contributed by atoms with Gasteiger partial charge in [0.2, 0.25) is 0 Å². The second-order valence-corrected chi connectivity index (χ2v) is 5.90. The Labute approximate surface area is 119 Å². The summed E-state index contributed by atoms with van der Waals surface area (Å²) in [6, 6.07) is 11.0. The summed E-state index contributed by atoms with van der Waals surface area (Å²) in [4.78, 5) is 24.1. The summed E-state index contributed by atoms with van der Waals surface area (Å²) in [6.07, 6.45) is 0.0269. The van der Waals surface area contributed by atoms with E-state index in [0.29, 0.717) is 5.75 Å². The Bertz CT molecular complexity index is 559. The van der Waals surface area contributed by atoms with Crippen molar-refractivity contribution < 1.29 is 14.7 Å². The Morgan fingerprint density at radius 1 is 1.16 bits per heavy atom. The number of ketones is 1. The number of hydrogen-bond donors (Lipinski definition) is 1. The highest BCUT2D eigenvalue weighted by molar-refractivity contribution is 8.00. The van der Waals surface area contributed by atoms with Gasteiger partial charge in [0.25, 0.3) is 0 Å². The summed E-state index contributed by atoms with van der Waals surface area (Å²) >= 11 is 2.91. The third-order valence-electron chi connectivity index (χ3n) is 2.44. The minimum Gasteiger partial charge on any atom is -0.481 e. The largest absolute Gasteiger partial charge is 0.481 e. The van der Waals surface area contributed by atoms with E-state index in [9.17, 15) is 9.59 Å². The quantitative estimate of drug-likeness (QED) is 0.655. The van der Waals surface area contributed by atoms with Crippen molar-refractivity contribution in [3.8, 4) is 0 Å². The van der Waals surface area contributed by atoms with Gasteiger partial charge in [0.15, 0.2) is 5.78 Å². The van der Waals surface area contributed by atoms with Gasteiger partial charge in [0.1, 0.15) is 0 Å². The first-order valence-electron chi connectivity index (χ1n) is 5.65. The second-order valence-electron chi connectivity index (χ2n) is 3.90. The molecule has 98 valence electrons. The lowest BCUT2D eigenvalue weighted by atomic mass is 10.2. The molecule has 0 saturated carbocycles. The SMILES string of the molecule is O=C(O)Cc1ccc(SCC(=O)c2cccs2)cc1. The van der Waals surface area contributed by atoms with Gasteiger partial charge in [-0.15, -0.1) is 23.1 Å². The number of carbonyl (C=O) groups excluding carboxylic acids is 1. The monoisotopic (exact) mass is 292 g/mol. The molecule has 0 amide bonds. The minimum atomic E-state index is -0.840. The summed E-state index contributed by atoms with van der Waals surface area (Å²) in [7, 11) is 0. The number of benzene rings is 1. The van der Waals surface area contributed by atoms with Gasteiger partial charge in [0, 0.05) is 4.90 Å². The first kappa shape index (κ1) is 13.8. The smallest absolute Gasteiger partial charge is 0.307 e. The molecule has 0 aliphatic carbocycles. The summed E-state index contributed by atoms with van der Waals surface area (Å²) < 4.78 is 0. The zero-order valence-electron chi connectivity index (χ0n) is 10.0. The predicted octanol–water partition coefficient (Wildman–Crippen LogP) is 3.35. The summed E-state index contributed by atoms with van der Waals surface area (Å²) in [5.41, 5.74) is 0.765. The third-order valence-corrected chi connectivity index (χ3v) is 4.37. The Balaban J connectivity index is 1.89. The van der Waals surface area contributed by atoms with Gasteiger partial charge >= 0.3 is 5.97 Å². The number of carbonyl (C=O) groups is 2. The molecular weight excluding hydrogens is 280 g/mol. The van der Waals surface area contributed by atoms with E-state index in [2.05, 4.69) is 0 Å². The molecule has 1 N–H and O–H groups in total. The topological polar surface area (TPSA) is 54.4 Å². The number of aliphatic carboxylic acids is 1. The van der Waals surface area contributed by atoms with E-state index < -0.39 is 5.97 Å². The lowest BCUT2D eigenvalue weighted by molar-refractivity contribution is -0.136. The molecule has 0 aliphatic heterocycles. The molecule has 0 atom stereocenters. The molecule has 0 bridgehead atoms. The van der Waals surface area contributed by atoms with Crippen LogP contribution in [-0.4, -0.2) is 22.6 Å². The minimum absolute atomic E-state index is 0.0269. The molecule has 5 heteroatoms. The van der Waals surface area contributed by atoms with Crippen LogP contribution in [0.5, 0.6) is 0 Å². The highest BCUT2D eigenvalue weighted by atomic mass is 32.2. The molecule has 3 nitrogen and oxygen atoms in total. The molecule has 0 saturated heterocycles. The number of rotatable bonds is 6. The molecule has 0 radical (unpaired) electrons. The van der Waals surface area contributed by atoms with E-state index >= 15 is 0 Å². The van der Waals surface area contributed by atoms with Crippen molar-refractivity contribution in [2.24, 2.45) is 0 Å². The van der Waals surface area contributed by atoms with Crippen LogP contribution >= 0.6 is 23.1 Å². The zero-order valence-corrected chi connectivity index (χ0v) is 11.7. The summed E-state index contributed by atoms with van der Waals surface area (Å²) in [6.45, 7) is 0. The molecule has 19 heavy (non-hydrogen) atoms. The maximum Gasteiger partial charge on any atom is 0.307 e. The fourth-order valence-electron chi connectivity index (χ4n) is 1.54. The Hall–Kier alpha value is -1.59. The van der Waals surface area contributed by atoms with Crippen LogP contribution in [0, 0.1) is 0 Å². The van der Waals surface area contributed by atoms with Crippen molar-refractivity contribution in [1.82, 2.24) is 0 Å². The molecule has 1 aromatic carbocycles. The van der Waals surface area contributed by atoms with E-state index in [1.807, 2.05) is 29.6 Å². The molecule has 0 aliphatic rings.